The molecule has 2 aromatic rings. The van der Waals surface area contributed by atoms with Gasteiger partial charge in [-0.25, -0.2) is 18.4 Å². The molecule has 2 aromatic heterocycles. The Labute approximate surface area is 181 Å². The number of ether oxygens (including phenoxy) is 1. The van der Waals surface area contributed by atoms with Gasteiger partial charge in [-0.2, -0.15) is 4.31 Å². The van der Waals surface area contributed by atoms with E-state index in [2.05, 4.69) is 9.97 Å². The van der Waals surface area contributed by atoms with E-state index in [4.69, 9.17) is 4.74 Å². The van der Waals surface area contributed by atoms with Gasteiger partial charge in [-0.1, -0.05) is 0 Å². The SMILES string of the molecule is Cn1cnc(S(=O)(=O)N2CCC3(CC2)OC(C(=O)N2CCCCC2)Cn2ccnc23)c1. The number of piperidine rings is 2. The van der Waals surface area contributed by atoms with E-state index >= 15 is 0 Å². The number of fused-ring (bicyclic) bond motifs is 2. The van der Waals surface area contributed by atoms with Gasteiger partial charge in [0, 0.05) is 51.8 Å². The van der Waals surface area contributed by atoms with Crippen LogP contribution in [0.25, 0.3) is 0 Å². The number of hydrogen-bond acceptors (Lipinski definition) is 6. The Kier molecular flexibility index (Phi) is 5.14. The van der Waals surface area contributed by atoms with Gasteiger partial charge in [-0.3, -0.25) is 4.79 Å². The van der Waals surface area contributed by atoms with Crippen LogP contribution in [0, 0.1) is 0 Å². The minimum Gasteiger partial charge on any atom is -0.352 e. The second kappa shape index (κ2) is 7.72. The van der Waals surface area contributed by atoms with Crippen molar-refractivity contribution in [1.29, 1.82) is 0 Å². The Morgan fingerprint density at radius 2 is 1.87 bits per heavy atom. The molecule has 10 nitrogen and oxygen atoms in total. The average molecular weight is 449 g/mol. The summed E-state index contributed by atoms with van der Waals surface area (Å²) >= 11 is 0. The third-order valence-corrected chi connectivity index (χ3v) is 8.40. The van der Waals surface area contributed by atoms with E-state index in [9.17, 15) is 13.2 Å². The smallest absolute Gasteiger partial charge is 0.262 e. The van der Waals surface area contributed by atoms with Crippen LogP contribution in [0.4, 0.5) is 0 Å². The van der Waals surface area contributed by atoms with Crippen molar-refractivity contribution in [2.45, 2.75) is 55.4 Å². The summed E-state index contributed by atoms with van der Waals surface area (Å²) in [6, 6.07) is 0. The van der Waals surface area contributed by atoms with Gasteiger partial charge < -0.3 is 18.8 Å². The zero-order valence-electron chi connectivity index (χ0n) is 17.7. The molecule has 11 heteroatoms. The lowest BCUT2D eigenvalue weighted by atomic mass is 9.89. The molecular formula is C20H28N6O4S. The number of carbonyl (C=O) groups is 1. The first-order chi connectivity index (χ1) is 14.9. The molecule has 2 saturated heterocycles. The van der Waals surface area contributed by atoms with E-state index in [1.807, 2.05) is 15.7 Å². The summed E-state index contributed by atoms with van der Waals surface area (Å²) in [6.45, 7) is 2.58. The largest absolute Gasteiger partial charge is 0.352 e. The number of imidazole rings is 2. The van der Waals surface area contributed by atoms with Crippen molar-refractivity contribution < 1.29 is 17.9 Å². The second-order valence-corrected chi connectivity index (χ2v) is 10.6. The monoisotopic (exact) mass is 448 g/mol. The number of amides is 1. The zero-order valence-corrected chi connectivity index (χ0v) is 18.5. The zero-order chi connectivity index (χ0) is 21.6. The summed E-state index contributed by atoms with van der Waals surface area (Å²) in [4.78, 5) is 23.6. The average Bonchev–Trinajstić information content (AvgIpc) is 3.44. The lowest BCUT2D eigenvalue weighted by molar-refractivity contribution is -0.179. The van der Waals surface area contributed by atoms with Crippen molar-refractivity contribution >= 4 is 15.9 Å². The van der Waals surface area contributed by atoms with Crippen molar-refractivity contribution in [3.63, 3.8) is 0 Å². The Morgan fingerprint density at radius 1 is 1.13 bits per heavy atom. The fraction of sp³-hybridized carbons (Fsp3) is 0.650. The number of likely N-dealkylation sites (tertiary alicyclic amines) is 1. The van der Waals surface area contributed by atoms with E-state index in [0.717, 1.165) is 38.2 Å². The number of carbonyl (C=O) groups excluding carboxylic acids is 1. The number of hydrogen-bond donors (Lipinski definition) is 0. The van der Waals surface area contributed by atoms with Crippen molar-refractivity contribution in [2.24, 2.45) is 7.05 Å². The van der Waals surface area contributed by atoms with Gasteiger partial charge in [0.2, 0.25) is 0 Å². The van der Waals surface area contributed by atoms with Crippen LogP contribution in [-0.4, -0.2) is 74.9 Å². The quantitative estimate of drug-likeness (QED) is 0.685. The molecule has 1 unspecified atom stereocenters. The van der Waals surface area contributed by atoms with Gasteiger partial charge in [0.15, 0.2) is 11.1 Å². The van der Waals surface area contributed by atoms with Crippen molar-refractivity contribution in [2.75, 3.05) is 26.2 Å². The van der Waals surface area contributed by atoms with Crippen molar-refractivity contribution in [1.82, 2.24) is 28.3 Å². The minimum absolute atomic E-state index is 0.0296. The third-order valence-electron chi connectivity index (χ3n) is 6.61. The predicted octanol–water partition coefficient (Wildman–Crippen LogP) is 0.708. The first-order valence-corrected chi connectivity index (χ1v) is 12.3. The van der Waals surface area contributed by atoms with Crippen LogP contribution >= 0.6 is 0 Å². The highest BCUT2D eigenvalue weighted by Crippen LogP contribution is 2.41. The molecule has 0 bridgehead atoms. The maximum atomic E-state index is 13.2. The van der Waals surface area contributed by atoms with Gasteiger partial charge >= 0.3 is 0 Å². The van der Waals surface area contributed by atoms with Crippen LogP contribution in [0.2, 0.25) is 0 Å². The molecule has 168 valence electrons. The van der Waals surface area contributed by atoms with Crippen LogP contribution in [-0.2, 0) is 38.7 Å². The molecule has 5 rings (SSSR count). The van der Waals surface area contributed by atoms with Crippen molar-refractivity contribution in [3.8, 4) is 0 Å². The molecule has 1 amide bonds. The van der Waals surface area contributed by atoms with Crippen LogP contribution in [0.15, 0.2) is 29.9 Å². The second-order valence-electron chi connectivity index (χ2n) is 8.67. The molecule has 31 heavy (non-hydrogen) atoms. The molecule has 0 saturated carbocycles. The van der Waals surface area contributed by atoms with Crippen LogP contribution in [0.1, 0.15) is 37.9 Å². The normalized spacial score (nSPS) is 24.3. The highest BCUT2D eigenvalue weighted by Gasteiger charge is 2.49. The van der Waals surface area contributed by atoms with Crippen LogP contribution in [0.5, 0.6) is 0 Å². The first kappa shape index (κ1) is 20.7. The summed E-state index contributed by atoms with van der Waals surface area (Å²) in [5, 5.41) is 0.0511. The van der Waals surface area contributed by atoms with Gasteiger partial charge in [0.25, 0.3) is 15.9 Å². The number of rotatable bonds is 3. The summed E-state index contributed by atoms with van der Waals surface area (Å²) < 4.78 is 37.5. The molecule has 3 aliphatic rings. The molecule has 1 spiro atoms. The van der Waals surface area contributed by atoms with Gasteiger partial charge in [-0.05, 0) is 32.1 Å². The molecule has 1 atom stereocenters. The lowest BCUT2D eigenvalue weighted by Crippen LogP contribution is -2.55. The molecule has 0 N–H and O–H groups in total. The Bertz CT molecular complexity index is 1060. The fourth-order valence-corrected chi connectivity index (χ4v) is 6.33. The Morgan fingerprint density at radius 3 is 2.55 bits per heavy atom. The van der Waals surface area contributed by atoms with E-state index in [0.29, 0.717) is 19.4 Å². The third kappa shape index (κ3) is 3.58. The summed E-state index contributed by atoms with van der Waals surface area (Å²) in [6.07, 6.45) is 10.1. The molecular weight excluding hydrogens is 420 g/mol. The van der Waals surface area contributed by atoms with Crippen LogP contribution < -0.4 is 0 Å². The van der Waals surface area contributed by atoms with E-state index in [1.165, 1.54) is 16.8 Å². The van der Waals surface area contributed by atoms with Gasteiger partial charge in [-0.15, -0.1) is 0 Å². The standard InChI is InChI=1S/C20H28N6O4S/c1-23-14-17(22-15-23)31(28,29)26-10-5-20(6-11-26)19-21-7-12-25(19)13-16(30-20)18(27)24-8-3-2-4-9-24/h7,12,14-16H,2-6,8-11,13H2,1H3. The minimum atomic E-state index is -3.66. The topological polar surface area (TPSA) is 103 Å². The van der Waals surface area contributed by atoms with Gasteiger partial charge in [0.05, 0.1) is 12.9 Å². The van der Waals surface area contributed by atoms with E-state index < -0.39 is 21.7 Å². The maximum absolute atomic E-state index is 13.2. The summed E-state index contributed by atoms with van der Waals surface area (Å²) in [5.41, 5.74) is -0.756. The van der Waals surface area contributed by atoms with Crippen LogP contribution in [0.3, 0.4) is 0 Å². The highest BCUT2D eigenvalue weighted by atomic mass is 32.2. The maximum Gasteiger partial charge on any atom is 0.262 e. The first-order valence-electron chi connectivity index (χ1n) is 10.9. The highest BCUT2D eigenvalue weighted by molar-refractivity contribution is 7.89. The molecule has 0 aromatic carbocycles. The number of aryl methyl sites for hydroxylation is 1. The van der Waals surface area contributed by atoms with E-state index in [-0.39, 0.29) is 24.0 Å². The number of sulfonamides is 1. The predicted molar refractivity (Wildman–Crippen MR) is 110 cm³/mol. The molecule has 0 aliphatic carbocycles. The number of aromatic nitrogens is 4. The number of nitrogens with zero attached hydrogens (tertiary/aromatic N) is 6. The molecule has 0 radical (unpaired) electrons. The molecule has 2 fully saturated rings. The summed E-state index contributed by atoms with van der Waals surface area (Å²) in [7, 11) is -1.92. The van der Waals surface area contributed by atoms with E-state index in [1.54, 1.807) is 17.8 Å². The fourth-order valence-electron chi connectivity index (χ4n) is 4.93. The summed E-state index contributed by atoms with van der Waals surface area (Å²) in [5.74, 6) is 0.812. The molecule has 3 aliphatic heterocycles. The lowest BCUT2D eigenvalue weighted by Gasteiger charge is -2.45. The van der Waals surface area contributed by atoms with Crippen molar-refractivity contribution in [3.05, 3.63) is 30.7 Å². The molecule has 5 heterocycles. The Balaban J connectivity index is 1.36. The Hall–Kier alpha value is -2.24. The van der Waals surface area contributed by atoms with Gasteiger partial charge in [0.1, 0.15) is 11.4 Å².